The van der Waals surface area contributed by atoms with E-state index in [2.05, 4.69) is 11.8 Å². The van der Waals surface area contributed by atoms with Gasteiger partial charge in [0.2, 0.25) is 0 Å². The highest BCUT2D eigenvalue weighted by Crippen LogP contribution is 2.52. The van der Waals surface area contributed by atoms with Crippen LogP contribution in [0, 0.1) is 24.7 Å². The monoisotopic (exact) mass is 256 g/mol. The average Bonchev–Trinajstić information content (AvgIpc) is 2.50. The molecule has 0 spiro atoms. The number of rotatable bonds is 0. The van der Waals surface area contributed by atoms with Crippen molar-refractivity contribution in [3.05, 3.63) is 52.6 Å². The molecule has 0 fully saturated rings. The first-order valence-electron chi connectivity index (χ1n) is 6.40. The van der Waals surface area contributed by atoms with E-state index in [-0.39, 0.29) is 17.1 Å². The standard InChI is InChI=1S/C17H14F2/c1-11-5-3-4-6-15-13(9-11)14-10-12(2)7-8-16(14)17(15,18)19/h6-11H,4H2,1-2H3. The first-order valence-corrected chi connectivity index (χ1v) is 6.40. The van der Waals surface area contributed by atoms with Gasteiger partial charge in [-0.2, -0.15) is 8.78 Å². The molecule has 1 unspecified atom stereocenters. The van der Waals surface area contributed by atoms with Gasteiger partial charge in [0.05, 0.1) is 0 Å². The molecule has 0 bridgehead atoms. The largest absolute Gasteiger partial charge is 0.299 e. The third-order valence-corrected chi connectivity index (χ3v) is 3.59. The maximum atomic E-state index is 14.5. The van der Waals surface area contributed by atoms with E-state index in [1.165, 1.54) is 0 Å². The van der Waals surface area contributed by atoms with Gasteiger partial charge >= 0.3 is 0 Å². The Morgan fingerprint density at radius 2 is 2.11 bits per heavy atom. The smallest absolute Gasteiger partial charge is 0.196 e. The van der Waals surface area contributed by atoms with Crippen LogP contribution in [0.15, 0.2) is 35.9 Å². The molecule has 1 aromatic rings. The van der Waals surface area contributed by atoms with Gasteiger partial charge in [-0.15, -0.1) is 0 Å². The molecule has 2 aliphatic rings. The lowest BCUT2D eigenvalue weighted by molar-refractivity contribution is 0.0476. The molecule has 0 saturated carbocycles. The van der Waals surface area contributed by atoms with Crippen molar-refractivity contribution >= 4 is 5.57 Å². The first-order chi connectivity index (χ1) is 9.00. The van der Waals surface area contributed by atoms with Crippen molar-refractivity contribution < 1.29 is 8.78 Å². The van der Waals surface area contributed by atoms with E-state index in [9.17, 15) is 8.78 Å². The van der Waals surface area contributed by atoms with E-state index in [1.54, 1.807) is 18.2 Å². The zero-order valence-electron chi connectivity index (χ0n) is 10.9. The quantitative estimate of drug-likeness (QED) is 0.601. The second kappa shape index (κ2) is 4.06. The molecule has 96 valence electrons. The van der Waals surface area contributed by atoms with Gasteiger partial charge in [0.1, 0.15) is 0 Å². The van der Waals surface area contributed by atoms with Gasteiger partial charge < -0.3 is 0 Å². The molecule has 2 aliphatic carbocycles. The van der Waals surface area contributed by atoms with Crippen molar-refractivity contribution in [2.75, 3.05) is 0 Å². The summed E-state index contributed by atoms with van der Waals surface area (Å²) in [5, 5.41) is 0. The summed E-state index contributed by atoms with van der Waals surface area (Å²) >= 11 is 0. The average molecular weight is 256 g/mol. The molecule has 0 amide bonds. The van der Waals surface area contributed by atoms with Crippen LogP contribution in [0.2, 0.25) is 0 Å². The normalized spacial score (nSPS) is 23.1. The fourth-order valence-electron chi connectivity index (χ4n) is 2.70. The minimum atomic E-state index is -2.90. The number of hydrogen-bond acceptors (Lipinski definition) is 0. The zero-order chi connectivity index (χ0) is 13.6. The topological polar surface area (TPSA) is 0 Å². The molecule has 0 nitrogen and oxygen atoms in total. The summed E-state index contributed by atoms with van der Waals surface area (Å²) in [5.74, 6) is 3.08. The zero-order valence-corrected chi connectivity index (χ0v) is 10.9. The van der Waals surface area contributed by atoms with E-state index in [0.717, 1.165) is 5.56 Å². The van der Waals surface area contributed by atoms with Crippen molar-refractivity contribution in [1.82, 2.24) is 0 Å². The maximum Gasteiger partial charge on any atom is 0.299 e. The molecule has 0 aromatic heterocycles. The van der Waals surface area contributed by atoms with Gasteiger partial charge in [-0.05, 0) is 25.0 Å². The number of halogens is 2. The van der Waals surface area contributed by atoms with Crippen LogP contribution in [0.1, 0.15) is 30.0 Å². The van der Waals surface area contributed by atoms with Gasteiger partial charge in [0.15, 0.2) is 0 Å². The lowest BCUT2D eigenvalue weighted by Crippen LogP contribution is -2.11. The Morgan fingerprint density at radius 1 is 1.32 bits per heavy atom. The van der Waals surface area contributed by atoms with Crippen molar-refractivity contribution in [1.29, 1.82) is 0 Å². The van der Waals surface area contributed by atoms with Crippen LogP contribution in [-0.2, 0) is 5.92 Å². The molecule has 19 heavy (non-hydrogen) atoms. The highest BCUT2D eigenvalue weighted by molar-refractivity contribution is 5.89. The van der Waals surface area contributed by atoms with Crippen LogP contribution in [0.4, 0.5) is 8.78 Å². The molecular formula is C17H14F2. The number of fused-ring (bicyclic) bond motifs is 3. The van der Waals surface area contributed by atoms with E-state index in [1.807, 2.05) is 26.0 Å². The second-order valence-electron chi connectivity index (χ2n) is 5.14. The van der Waals surface area contributed by atoms with Crippen molar-refractivity contribution in [2.45, 2.75) is 26.2 Å². The Labute approximate surface area is 111 Å². The molecule has 0 aliphatic heterocycles. The number of alkyl halides is 2. The minimum absolute atomic E-state index is 0.000891. The maximum absolute atomic E-state index is 14.5. The predicted molar refractivity (Wildman–Crippen MR) is 72.7 cm³/mol. The Balaban J connectivity index is 2.30. The molecule has 2 heteroatoms. The Hall–Kier alpha value is -1.88. The minimum Gasteiger partial charge on any atom is -0.196 e. The summed E-state index contributed by atoms with van der Waals surface area (Å²) in [6, 6.07) is 5.13. The summed E-state index contributed by atoms with van der Waals surface area (Å²) < 4.78 is 29.0. The van der Waals surface area contributed by atoms with Crippen LogP contribution < -0.4 is 0 Å². The molecule has 0 radical (unpaired) electrons. The van der Waals surface area contributed by atoms with Crippen molar-refractivity contribution in [3.63, 3.8) is 0 Å². The highest BCUT2D eigenvalue weighted by atomic mass is 19.3. The highest BCUT2D eigenvalue weighted by Gasteiger charge is 2.46. The lowest BCUT2D eigenvalue weighted by atomic mass is 9.96. The number of aryl methyl sites for hydroxylation is 1. The van der Waals surface area contributed by atoms with Gasteiger partial charge in [-0.25, -0.2) is 0 Å². The number of hydrogen-bond donors (Lipinski definition) is 0. The molecular weight excluding hydrogens is 242 g/mol. The first kappa shape index (κ1) is 12.2. The van der Waals surface area contributed by atoms with Gasteiger partial charge in [-0.3, -0.25) is 0 Å². The van der Waals surface area contributed by atoms with E-state index in [0.29, 0.717) is 17.6 Å². The number of allylic oxidation sites excluding steroid dienone is 4. The second-order valence-corrected chi connectivity index (χ2v) is 5.14. The van der Waals surface area contributed by atoms with E-state index < -0.39 is 5.92 Å². The summed E-state index contributed by atoms with van der Waals surface area (Å²) in [6.45, 7) is 3.86. The molecule has 0 N–H and O–H groups in total. The Kier molecular flexibility index (Phi) is 2.60. The molecule has 1 aromatic carbocycles. The third-order valence-electron chi connectivity index (χ3n) is 3.59. The fourth-order valence-corrected chi connectivity index (χ4v) is 2.70. The van der Waals surface area contributed by atoms with Crippen LogP contribution in [0.3, 0.4) is 0 Å². The summed E-state index contributed by atoms with van der Waals surface area (Å²) in [6.07, 6.45) is 3.82. The van der Waals surface area contributed by atoms with Gasteiger partial charge in [0.25, 0.3) is 5.92 Å². The molecule has 0 saturated heterocycles. The third kappa shape index (κ3) is 1.81. The SMILES string of the molecule is Cc1ccc2c(c1)C1=CC(C)C#CCC=C1C2(F)F. The van der Waals surface area contributed by atoms with E-state index >= 15 is 0 Å². The van der Waals surface area contributed by atoms with Crippen molar-refractivity contribution in [3.8, 4) is 11.8 Å². The summed E-state index contributed by atoms with van der Waals surface area (Å²) in [4.78, 5) is 0. The van der Waals surface area contributed by atoms with Gasteiger partial charge in [0, 0.05) is 23.5 Å². The van der Waals surface area contributed by atoms with Crippen LogP contribution in [-0.4, -0.2) is 0 Å². The molecule has 0 heterocycles. The lowest BCUT2D eigenvalue weighted by Gasteiger charge is -2.13. The predicted octanol–water partition coefficient (Wildman–Crippen LogP) is 4.45. The Morgan fingerprint density at radius 3 is 2.89 bits per heavy atom. The molecule has 1 atom stereocenters. The molecule has 3 rings (SSSR count). The number of benzene rings is 1. The summed E-state index contributed by atoms with van der Waals surface area (Å²) in [5.41, 5.74) is 2.55. The van der Waals surface area contributed by atoms with E-state index in [4.69, 9.17) is 0 Å². The Bertz CT molecular complexity index is 666. The van der Waals surface area contributed by atoms with Crippen LogP contribution in [0.25, 0.3) is 5.57 Å². The summed E-state index contributed by atoms with van der Waals surface area (Å²) in [7, 11) is 0. The van der Waals surface area contributed by atoms with Crippen molar-refractivity contribution in [2.24, 2.45) is 5.92 Å². The van der Waals surface area contributed by atoms with Crippen LogP contribution >= 0.6 is 0 Å². The fraction of sp³-hybridized carbons (Fsp3) is 0.294. The van der Waals surface area contributed by atoms with Crippen LogP contribution in [0.5, 0.6) is 0 Å². The van der Waals surface area contributed by atoms with Gasteiger partial charge in [-0.1, -0.05) is 47.8 Å².